The van der Waals surface area contributed by atoms with Crippen LogP contribution in [0.15, 0.2) is 36.9 Å². The van der Waals surface area contributed by atoms with Crippen LogP contribution in [0.3, 0.4) is 0 Å². The predicted molar refractivity (Wildman–Crippen MR) is 52.8 cm³/mol. The van der Waals surface area contributed by atoms with Gasteiger partial charge in [0.25, 0.3) is 0 Å². The molecule has 1 aromatic heterocycles. The second-order valence-corrected chi connectivity index (χ2v) is 2.75. The molecule has 0 fully saturated rings. The van der Waals surface area contributed by atoms with Gasteiger partial charge in [-0.05, 0) is 31.6 Å². The summed E-state index contributed by atoms with van der Waals surface area (Å²) in [5, 5.41) is 0. The molecule has 1 rings (SSSR count). The van der Waals surface area contributed by atoms with Gasteiger partial charge in [0.05, 0.1) is 5.69 Å². The lowest BCUT2D eigenvalue weighted by atomic mass is 10.2. The molecule has 0 radical (unpaired) electrons. The molecule has 12 heavy (non-hydrogen) atoms. The van der Waals surface area contributed by atoms with Gasteiger partial charge in [0, 0.05) is 5.69 Å². The number of rotatable bonds is 2. The Morgan fingerprint density at radius 2 is 2.25 bits per heavy atom. The second-order valence-electron chi connectivity index (χ2n) is 2.75. The maximum absolute atomic E-state index is 4.38. The molecular weight excluding hydrogens is 146 g/mol. The number of hydrogen-bond acceptors (Lipinski definition) is 1. The average Bonchev–Trinajstić information content (AvgIpc) is 2.05. The summed E-state index contributed by atoms with van der Waals surface area (Å²) in [4.78, 5) is 4.38. The van der Waals surface area contributed by atoms with Crippen LogP contribution in [0.2, 0.25) is 0 Å². The first-order chi connectivity index (χ1) is 5.74. The molecule has 62 valence electrons. The number of hydrogen-bond donors (Lipinski definition) is 0. The van der Waals surface area contributed by atoms with E-state index in [9.17, 15) is 0 Å². The van der Waals surface area contributed by atoms with Gasteiger partial charge in [0.15, 0.2) is 0 Å². The summed E-state index contributed by atoms with van der Waals surface area (Å²) in [6, 6.07) is 6.01. The molecule has 0 N–H and O–H groups in total. The fourth-order valence-electron chi connectivity index (χ4n) is 1.02. The topological polar surface area (TPSA) is 12.9 Å². The standard InChI is InChI=1S/C11H13N/c1-4-6-9(2)11-8-5-7-10(3)12-11/h4-8H,1H2,2-3H3/b9-6+. The van der Waals surface area contributed by atoms with Crippen molar-refractivity contribution in [1.29, 1.82) is 0 Å². The highest BCUT2D eigenvalue weighted by Crippen LogP contribution is 2.10. The molecule has 1 heteroatoms. The van der Waals surface area contributed by atoms with E-state index in [-0.39, 0.29) is 0 Å². The van der Waals surface area contributed by atoms with E-state index in [4.69, 9.17) is 0 Å². The second kappa shape index (κ2) is 3.86. The van der Waals surface area contributed by atoms with Crippen molar-refractivity contribution in [2.45, 2.75) is 13.8 Å². The van der Waals surface area contributed by atoms with Crippen LogP contribution in [0.5, 0.6) is 0 Å². The van der Waals surface area contributed by atoms with Crippen LogP contribution in [0.1, 0.15) is 18.3 Å². The minimum Gasteiger partial charge on any atom is -0.253 e. The molecule has 0 aliphatic carbocycles. The Morgan fingerprint density at radius 3 is 2.83 bits per heavy atom. The molecule has 1 nitrogen and oxygen atoms in total. The SMILES string of the molecule is C=C/C=C(\C)c1cccc(C)n1. The van der Waals surface area contributed by atoms with E-state index >= 15 is 0 Å². The summed E-state index contributed by atoms with van der Waals surface area (Å²) < 4.78 is 0. The van der Waals surface area contributed by atoms with E-state index in [0.717, 1.165) is 17.0 Å². The van der Waals surface area contributed by atoms with Gasteiger partial charge in [-0.1, -0.05) is 24.8 Å². The van der Waals surface area contributed by atoms with Gasteiger partial charge >= 0.3 is 0 Å². The lowest BCUT2D eigenvalue weighted by Gasteiger charge is -1.99. The zero-order chi connectivity index (χ0) is 8.97. The van der Waals surface area contributed by atoms with Crippen LogP contribution in [-0.2, 0) is 0 Å². The quantitative estimate of drug-likeness (QED) is 0.604. The van der Waals surface area contributed by atoms with Crippen molar-refractivity contribution >= 4 is 5.57 Å². The van der Waals surface area contributed by atoms with Crippen LogP contribution in [-0.4, -0.2) is 4.98 Å². The van der Waals surface area contributed by atoms with Gasteiger partial charge in [-0.25, -0.2) is 0 Å². The van der Waals surface area contributed by atoms with E-state index in [1.807, 2.05) is 38.1 Å². The van der Waals surface area contributed by atoms with Crippen molar-refractivity contribution in [3.8, 4) is 0 Å². The Kier molecular flexibility index (Phi) is 2.81. The van der Waals surface area contributed by atoms with Crippen LogP contribution >= 0.6 is 0 Å². The molecule has 0 atom stereocenters. The van der Waals surface area contributed by atoms with Gasteiger partial charge in [-0.3, -0.25) is 4.98 Å². The van der Waals surface area contributed by atoms with E-state index in [2.05, 4.69) is 11.6 Å². The summed E-state index contributed by atoms with van der Waals surface area (Å²) in [5.41, 5.74) is 3.22. The number of aromatic nitrogens is 1. The minimum absolute atomic E-state index is 1.02. The first-order valence-electron chi connectivity index (χ1n) is 3.97. The van der Waals surface area contributed by atoms with Crippen molar-refractivity contribution in [3.63, 3.8) is 0 Å². The summed E-state index contributed by atoms with van der Waals surface area (Å²) in [7, 11) is 0. The molecule has 1 aromatic rings. The normalized spacial score (nSPS) is 11.3. The van der Waals surface area contributed by atoms with E-state index in [1.165, 1.54) is 0 Å². The Labute approximate surface area is 73.5 Å². The first-order valence-corrected chi connectivity index (χ1v) is 3.97. The molecule has 0 saturated carbocycles. The highest BCUT2D eigenvalue weighted by Gasteiger charge is 1.94. The molecule has 0 saturated heterocycles. The van der Waals surface area contributed by atoms with Crippen molar-refractivity contribution in [2.75, 3.05) is 0 Å². The van der Waals surface area contributed by atoms with Gasteiger partial charge in [0.2, 0.25) is 0 Å². The Bertz CT molecular complexity index is 311. The molecule has 0 amide bonds. The first kappa shape index (κ1) is 8.72. The van der Waals surface area contributed by atoms with E-state index in [0.29, 0.717) is 0 Å². The number of allylic oxidation sites excluding steroid dienone is 3. The summed E-state index contributed by atoms with van der Waals surface area (Å²) in [6.45, 7) is 7.67. The summed E-state index contributed by atoms with van der Waals surface area (Å²) >= 11 is 0. The maximum Gasteiger partial charge on any atom is 0.0661 e. The molecule has 0 aromatic carbocycles. The summed E-state index contributed by atoms with van der Waals surface area (Å²) in [6.07, 6.45) is 3.74. The predicted octanol–water partition coefficient (Wildman–Crippen LogP) is 2.98. The summed E-state index contributed by atoms with van der Waals surface area (Å²) in [5.74, 6) is 0. The van der Waals surface area contributed by atoms with Crippen molar-refractivity contribution in [1.82, 2.24) is 4.98 Å². The third-order valence-electron chi connectivity index (χ3n) is 1.66. The highest BCUT2D eigenvalue weighted by atomic mass is 14.7. The van der Waals surface area contributed by atoms with Gasteiger partial charge < -0.3 is 0 Å². The zero-order valence-electron chi connectivity index (χ0n) is 7.54. The molecule has 0 bridgehead atoms. The third kappa shape index (κ3) is 2.06. The number of pyridine rings is 1. The van der Waals surface area contributed by atoms with Crippen molar-refractivity contribution in [3.05, 3.63) is 48.3 Å². The van der Waals surface area contributed by atoms with E-state index < -0.39 is 0 Å². The molecule has 0 aliphatic rings. The third-order valence-corrected chi connectivity index (χ3v) is 1.66. The minimum atomic E-state index is 1.02. The molecule has 0 unspecified atom stereocenters. The van der Waals surface area contributed by atoms with Crippen LogP contribution < -0.4 is 0 Å². The van der Waals surface area contributed by atoms with Crippen LogP contribution in [0, 0.1) is 6.92 Å². The Hall–Kier alpha value is -1.37. The lowest BCUT2D eigenvalue weighted by Crippen LogP contribution is -1.87. The maximum atomic E-state index is 4.38. The Morgan fingerprint density at radius 1 is 1.50 bits per heavy atom. The molecule has 1 heterocycles. The van der Waals surface area contributed by atoms with Gasteiger partial charge in [-0.15, -0.1) is 0 Å². The molecule has 0 aliphatic heterocycles. The lowest BCUT2D eigenvalue weighted by molar-refractivity contribution is 1.17. The number of nitrogens with zero attached hydrogens (tertiary/aromatic N) is 1. The van der Waals surface area contributed by atoms with Gasteiger partial charge in [0.1, 0.15) is 0 Å². The van der Waals surface area contributed by atoms with Crippen LogP contribution in [0.25, 0.3) is 5.57 Å². The van der Waals surface area contributed by atoms with Crippen LogP contribution in [0.4, 0.5) is 0 Å². The zero-order valence-corrected chi connectivity index (χ0v) is 7.54. The molecule has 0 spiro atoms. The fraction of sp³-hybridized carbons (Fsp3) is 0.182. The number of aryl methyl sites for hydroxylation is 1. The average molecular weight is 159 g/mol. The Balaban J connectivity index is 3.03. The monoisotopic (exact) mass is 159 g/mol. The largest absolute Gasteiger partial charge is 0.253 e. The highest BCUT2D eigenvalue weighted by molar-refractivity contribution is 5.61. The van der Waals surface area contributed by atoms with E-state index in [1.54, 1.807) is 6.08 Å². The van der Waals surface area contributed by atoms with Crippen molar-refractivity contribution in [2.24, 2.45) is 0 Å². The van der Waals surface area contributed by atoms with Gasteiger partial charge in [-0.2, -0.15) is 0 Å². The smallest absolute Gasteiger partial charge is 0.0661 e. The van der Waals surface area contributed by atoms with Crippen molar-refractivity contribution < 1.29 is 0 Å². The fourth-order valence-corrected chi connectivity index (χ4v) is 1.02. The molecular formula is C11H13N.